The normalized spacial score (nSPS) is 17.5. The predicted octanol–water partition coefficient (Wildman–Crippen LogP) is 2.70. The van der Waals surface area contributed by atoms with Gasteiger partial charge in [0.1, 0.15) is 0 Å². The SMILES string of the molecule is CN1C(=O)Cc2ccccc2C1c1cccc([N+](=O)[O-])c1. The largest absolute Gasteiger partial charge is 0.334 e. The minimum absolute atomic E-state index is 0.0187. The Hall–Kier alpha value is -2.69. The van der Waals surface area contributed by atoms with Gasteiger partial charge >= 0.3 is 0 Å². The van der Waals surface area contributed by atoms with E-state index in [1.54, 1.807) is 18.0 Å². The van der Waals surface area contributed by atoms with Crippen LogP contribution in [-0.2, 0) is 11.2 Å². The number of amides is 1. The van der Waals surface area contributed by atoms with Crippen molar-refractivity contribution in [3.63, 3.8) is 0 Å². The van der Waals surface area contributed by atoms with Crippen LogP contribution < -0.4 is 0 Å². The second kappa shape index (κ2) is 5.01. The van der Waals surface area contributed by atoms with Gasteiger partial charge in [-0.25, -0.2) is 0 Å². The lowest BCUT2D eigenvalue weighted by atomic mass is 9.88. The van der Waals surface area contributed by atoms with Gasteiger partial charge < -0.3 is 4.90 Å². The number of carbonyl (C=O) groups excluding carboxylic acids is 1. The lowest BCUT2D eigenvalue weighted by Gasteiger charge is -2.34. The molecule has 0 saturated carbocycles. The molecule has 0 radical (unpaired) electrons. The van der Waals surface area contributed by atoms with Crippen molar-refractivity contribution < 1.29 is 9.72 Å². The van der Waals surface area contributed by atoms with Crippen LogP contribution in [0.5, 0.6) is 0 Å². The fourth-order valence-corrected chi connectivity index (χ4v) is 2.81. The van der Waals surface area contributed by atoms with Crippen LogP contribution in [-0.4, -0.2) is 22.8 Å². The minimum atomic E-state index is -0.417. The molecule has 1 unspecified atom stereocenters. The maximum atomic E-state index is 12.2. The average Bonchev–Trinajstić information content (AvgIpc) is 2.48. The second-order valence-electron chi connectivity index (χ2n) is 5.13. The molecule has 0 bridgehead atoms. The molecule has 3 rings (SSSR count). The molecule has 1 heterocycles. The highest BCUT2D eigenvalue weighted by molar-refractivity contribution is 5.82. The highest BCUT2D eigenvalue weighted by Crippen LogP contribution is 2.35. The van der Waals surface area contributed by atoms with E-state index in [-0.39, 0.29) is 17.6 Å². The Kier molecular flexibility index (Phi) is 3.17. The number of likely N-dealkylation sites (N-methyl/N-ethyl adjacent to an activating group) is 1. The Labute approximate surface area is 122 Å². The molecule has 2 aromatic carbocycles. The number of fused-ring (bicyclic) bond motifs is 1. The van der Waals surface area contributed by atoms with Crippen LogP contribution in [0.1, 0.15) is 22.7 Å². The number of hydrogen-bond donors (Lipinski definition) is 0. The zero-order chi connectivity index (χ0) is 15.0. The zero-order valence-corrected chi connectivity index (χ0v) is 11.5. The third kappa shape index (κ3) is 2.27. The fraction of sp³-hybridized carbons (Fsp3) is 0.188. The monoisotopic (exact) mass is 282 g/mol. The summed E-state index contributed by atoms with van der Waals surface area (Å²) in [5.41, 5.74) is 2.81. The van der Waals surface area contributed by atoms with E-state index >= 15 is 0 Å². The minimum Gasteiger partial charge on any atom is -0.334 e. The van der Waals surface area contributed by atoms with Gasteiger partial charge in [-0.05, 0) is 16.7 Å². The summed E-state index contributed by atoms with van der Waals surface area (Å²) in [6.07, 6.45) is 0.373. The number of rotatable bonds is 2. The van der Waals surface area contributed by atoms with Crippen molar-refractivity contribution in [3.8, 4) is 0 Å². The zero-order valence-electron chi connectivity index (χ0n) is 11.5. The van der Waals surface area contributed by atoms with Crippen molar-refractivity contribution in [1.82, 2.24) is 4.90 Å². The summed E-state index contributed by atoms with van der Waals surface area (Å²) in [5.74, 6) is 0.0187. The molecule has 1 atom stereocenters. The first-order chi connectivity index (χ1) is 10.1. The second-order valence-corrected chi connectivity index (χ2v) is 5.13. The maximum absolute atomic E-state index is 12.2. The molecule has 0 aromatic heterocycles. The molecule has 5 heteroatoms. The summed E-state index contributed by atoms with van der Waals surface area (Å²) >= 11 is 0. The molecule has 5 nitrogen and oxygen atoms in total. The highest BCUT2D eigenvalue weighted by Gasteiger charge is 2.31. The molecule has 0 saturated heterocycles. The Morgan fingerprint density at radius 3 is 2.71 bits per heavy atom. The van der Waals surface area contributed by atoms with Gasteiger partial charge in [-0.3, -0.25) is 14.9 Å². The van der Waals surface area contributed by atoms with Crippen LogP contribution in [0.2, 0.25) is 0 Å². The molecule has 21 heavy (non-hydrogen) atoms. The summed E-state index contributed by atoms with van der Waals surface area (Å²) in [6, 6.07) is 13.9. The number of nitrogens with zero attached hydrogens (tertiary/aromatic N) is 2. The van der Waals surface area contributed by atoms with E-state index in [1.807, 2.05) is 30.3 Å². The molecule has 0 aliphatic carbocycles. The lowest BCUT2D eigenvalue weighted by Crippen LogP contribution is -2.37. The molecule has 1 aliphatic rings. The summed E-state index contributed by atoms with van der Waals surface area (Å²) in [7, 11) is 1.74. The molecule has 0 spiro atoms. The summed E-state index contributed by atoms with van der Waals surface area (Å²) in [4.78, 5) is 24.3. The smallest absolute Gasteiger partial charge is 0.269 e. The molecule has 1 aliphatic heterocycles. The topological polar surface area (TPSA) is 63.5 Å². The predicted molar refractivity (Wildman–Crippen MR) is 77.9 cm³/mol. The lowest BCUT2D eigenvalue weighted by molar-refractivity contribution is -0.384. The Morgan fingerprint density at radius 1 is 1.19 bits per heavy atom. The van der Waals surface area contributed by atoms with Crippen LogP contribution in [0.4, 0.5) is 5.69 Å². The molecular weight excluding hydrogens is 268 g/mol. The van der Waals surface area contributed by atoms with Gasteiger partial charge in [-0.1, -0.05) is 36.4 Å². The van der Waals surface area contributed by atoms with E-state index in [4.69, 9.17) is 0 Å². The first-order valence-corrected chi connectivity index (χ1v) is 6.66. The Bertz CT molecular complexity index is 727. The van der Waals surface area contributed by atoms with Gasteiger partial charge in [-0.15, -0.1) is 0 Å². The average molecular weight is 282 g/mol. The van der Waals surface area contributed by atoms with Gasteiger partial charge in [0.05, 0.1) is 17.4 Å². The van der Waals surface area contributed by atoms with Crippen molar-refractivity contribution >= 4 is 11.6 Å². The number of carbonyl (C=O) groups is 1. The van der Waals surface area contributed by atoms with Crippen molar-refractivity contribution in [2.24, 2.45) is 0 Å². The molecule has 0 N–H and O–H groups in total. The van der Waals surface area contributed by atoms with Crippen LogP contribution >= 0.6 is 0 Å². The molecule has 2 aromatic rings. The van der Waals surface area contributed by atoms with E-state index in [2.05, 4.69) is 0 Å². The van der Waals surface area contributed by atoms with Gasteiger partial charge in [0, 0.05) is 19.2 Å². The number of nitro groups is 1. The summed E-state index contributed by atoms with van der Waals surface area (Å²) in [5, 5.41) is 11.0. The third-order valence-electron chi connectivity index (χ3n) is 3.87. The quantitative estimate of drug-likeness (QED) is 0.628. The van der Waals surface area contributed by atoms with Crippen LogP contribution in [0.25, 0.3) is 0 Å². The van der Waals surface area contributed by atoms with Gasteiger partial charge in [0.15, 0.2) is 0 Å². The van der Waals surface area contributed by atoms with Crippen molar-refractivity contribution in [2.45, 2.75) is 12.5 Å². The summed E-state index contributed by atoms with van der Waals surface area (Å²) < 4.78 is 0. The van der Waals surface area contributed by atoms with Crippen LogP contribution in [0.3, 0.4) is 0 Å². The first-order valence-electron chi connectivity index (χ1n) is 6.66. The molecule has 1 amide bonds. The number of nitro benzene ring substituents is 1. The van der Waals surface area contributed by atoms with E-state index < -0.39 is 4.92 Å². The molecule has 0 fully saturated rings. The van der Waals surface area contributed by atoms with Crippen molar-refractivity contribution in [2.75, 3.05) is 7.05 Å². The summed E-state index contributed by atoms with van der Waals surface area (Å²) in [6.45, 7) is 0. The third-order valence-corrected chi connectivity index (χ3v) is 3.87. The van der Waals surface area contributed by atoms with Crippen LogP contribution in [0.15, 0.2) is 48.5 Å². The first kappa shape index (κ1) is 13.3. The van der Waals surface area contributed by atoms with Crippen molar-refractivity contribution in [3.05, 3.63) is 75.3 Å². The number of benzene rings is 2. The highest BCUT2D eigenvalue weighted by atomic mass is 16.6. The van der Waals surface area contributed by atoms with E-state index in [0.717, 1.165) is 16.7 Å². The van der Waals surface area contributed by atoms with Gasteiger partial charge in [0.25, 0.3) is 5.69 Å². The molecule has 106 valence electrons. The number of non-ortho nitro benzene ring substituents is 1. The maximum Gasteiger partial charge on any atom is 0.269 e. The van der Waals surface area contributed by atoms with Crippen LogP contribution in [0, 0.1) is 10.1 Å². The fourth-order valence-electron chi connectivity index (χ4n) is 2.81. The standard InChI is InChI=1S/C16H14N2O3/c1-17-15(19)10-11-5-2-3-8-14(11)16(17)12-6-4-7-13(9-12)18(20)21/h2-9,16H,10H2,1H3. The Balaban J connectivity index is 2.14. The van der Waals surface area contributed by atoms with Gasteiger partial charge in [-0.2, -0.15) is 0 Å². The molecular formula is C16H14N2O3. The number of hydrogen-bond acceptors (Lipinski definition) is 3. The van der Waals surface area contributed by atoms with E-state index in [9.17, 15) is 14.9 Å². The van der Waals surface area contributed by atoms with E-state index in [1.165, 1.54) is 12.1 Å². The van der Waals surface area contributed by atoms with Crippen molar-refractivity contribution in [1.29, 1.82) is 0 Å². The van der Waals surface area contributed by atoms with E-state index in [0.29, 0.717) is 6.42 Å². The Morgan fingerprint density at radius 2 is 1.95 bits per heavy atom. The van der Waals surface area contributed by atoms with Gasteiger partial charge in [0.2, 0.25) is 5.91 Å².